The minimum Gasteiger partial charge on any atom is -0.384 e. The summed E-state index contributed by atoms with van der Waals surface area (Å²) in [7, 11) is 0. The fourth-order valence-electron chi connectivity index (χ4n) is 1.34. The second-order valence-electron chi connectivity index (χ2n) is 3.49. The highest BCUT2D eigenvalue weighted by atomic mass is 32.2. The molecule has 2 N–H and O–H groups in total. The lowest BCUT2D eigenvalue weighted by Gasteiger charge is -2.02. The molecule has 0 saturated carbocycles. The van der Waals surface area contributed by atoms with E-state index in [1.807, 2.05) is 6.07 Å². The van der Waals surface area contributed by atoms with Gasteiger partial charge in [-0.25, -0.2) is 13.8 Å². The molecule has 17 heavy (non-hydrogen) atoms. The first-order chi connectivity index (χ1) is 8.13. The zero-order valence-electron chi connectivity index (χ0n) is 8.86. The summed E-state index contributed by atoms with van der Waals surface area (Å²) < 4.78 is 25.9. The Bertz CT molecular complexity index is 494. The van der Waals surface area contributed by atoms with Crippen LogP contribution in [0.5, 0.6) is 0 Å². The van der Waals surface area contributed by atoms with E-state index in [-0.39, 0.29) is 0 Å². The third-order valence-corrected chi connectivity index (χ3v) is 3.14. The molecule has 0 atom stereocenters. The Morgan fingerprint density at radius 3 is 2.41 bits per heavy atom. The van der Waals surface area contributed by atoms with Gasteiger partial charge in [0.2, 0.25) is 0 Å². The second-order valence-corrected chi connectivity index (χ2v) is 4.53. The van der Waals surface area contributed by atoms with E-state index in [1.165, 1.54) is 23.9 Å². The lowest BCUT2D eigenvalue weighted by molar-refractivity contribution is 0.581. The third-order valence-electron chi connectivity index (χ3n) is 2.09. The Morgan fingerprint density at radius 2 is 1.82 bits per heavy atom. The molecular formula is C12H10F2N2S. The summed E-state index contributed by atoms with van der Waals surface area (Å²) in [6.45, 7) is 0. The molecule has 0 amide bonds. The van der Waals surface area contributed by atoms with Crippen molar-refractivity contribution in [3.8, 4) is 0 Å². The minimum atomic E-state index is -0.559. The Kier molecular flexibility index (Phi) is 3.58. The molecule has 5 heteroatoms. The maximum atomic E-state index is 12.9. The van der Waals surface area contributed by atoms with Crippen molar-refractivity contribution in [1.82, 2.24) is 4.98 Å². The molecule has 1 aromatic carbocycles. The van der Waals surface area contributed by atoms with Crippen LogP contribution in [0.25, 0.3) is 0 Å². The van der Waals surface area contributed by atoms with Gasteiger partial charge in [-0.3, -0.25) is 0 Å². The quantitative estimate of drug-likeness (QED) is 0.852. The number of aromatic nitrogens is 1. The first-order valence-electron chi connectivity index (χ1n) is 4.93. The van der Waals surface area contributed by atoms with Crippen LogP contribution in [-0.4, -0.2) is 4.98 Å². The van der Waals surface area contributed by atoms with Crippen molar-refractivity contribution in [2.75, 3.05) is 5.73 Å². The summed E-state index contributed by atoms with van der Waals surface area (Å²) in [5.41, 5.74) is 6.06. The molecule has 1 aromatic heterocycles. The lowest BCUT2D eigenvalue weighted by Crippen LogP contribution is -1.89. The molecule has 0 unspecified atom stereocenters. The van der Waals surface area contributed by atoms with Crippen molar-refractivity contribution >= 4 is 17.6 Å². The van der Waals surface area contributed by atoms with Crippen LogP contribution in [-0.2, 0) is 5.75 Å². The van der Waals surface area contributed by atoms with Crippen molar-refractivity contribution in [2.45, 2.75) is 10.6 Å². The molecule has 88 valence electrons. The van der Waals surface area contributed by atoms with Gasteiger partial charge in [0.1, 0.15) is 17.5 Å². The number of halogens is 2. The molecule has 2 aromatic rings. The van der Waals surface area contributed by atoms with E-state index in [4.69, 9.17) is 5.73 Å². The van der Waals surface area contributed by atoms with E-state index in [2.05, 4.69) is 4.98 Å². The summed E-state index contributed by atoms with van der Waals surface area (Å²) in [6.07, 6.45) is 1.63. The fraction of sp³-hybridized carbons (Fsp3) is 0.0833. The van der Waals surface area contributed by atoms with Gasteiger partial charge in [0.15, 0.2) is 0 Å². The third kappa shape index (κ3) is 3.42. The number of hydrogen-bond acceptors (Lipinski definition) is 3. The van der Waals surface area contributed by atoms with E-state index in [0.717, 1.165) is 11.0 Å². The van der Waals surface area contributed by atoms with Crippen molar-refractivity contribution in [1.29, 1.82) is 0 Å². The van der Waals surface area contributed by atoms with E-state index >= 15 is 0 Å². The van der Waals surface area contributed by atoms with Crippen LogP contribution in [0.3, 0.4) is 0 Å². The zero-order valence-corrected chi connectivity index (χ0v) is 9.68. The Hall–Kier alpha value is -1.62. The number of pyridine rings is 1. The predicted octanol–water partition coefficient (Wildman–Crippen LogP) is 3.23. The monoisotopic (exact) mass is 252 g/mol. The molecule has 1 heterocycles. The van der Waals surface area contributed by atoms with Crippen molar-refractivity contribution in [2.24, 2.45) is 0 Å². The van der Waals surface area contributed by atoms with Gasteiger partial charge < -0.3 is 5.73 Å². The summed E-state index contributed by atoms with van der Waals surface area (Å²) in [6, 6.07) is 7.01. The number of anilines is 1. The highest BCUT2D eigenvalue weighted by Gasteiger charge is 2.02. The topological polar surface area (TPSA) is 38.9 Å². The van der Waals surface area contributed by atoms with E-state index < -0.39 is 11.6 Å². The molecule has 0 saturated heterocycles. The van der Waals surface area contributed by atoms with Gasteiger partial charge in [-0.05, 0) is 29.8 Å². The molecular weight excluding hydrogens is 242 g/mol. The van der Waals surface area contributed by atoms with Gasteiger partial charge in [-0.1, -0.05) is 0 Å². The number of nitrogen functional groups attached to an aromatic ring is 1. The first-order valence-corrected chi connectivity index (χ1v) is 5.91. The number of benzene rings is 1. The van der Waals surface area contributed by atoms with Gasteiger partial charge in [0, 0.05) is 22.9 Å². The normalized spacial score (nSPS) is 10.5. The SMILES string of the molecule is Nc1ccc(SCc2cc(F)cc(F)c2)cn1. The van der Waals surface area contributed by atoms with Crippen LogP contribution < -0.4 is 5.73 Å². The number of nitrogens with two attached hydrogens (primary N) is 1. The molecule has 0 bridgehead atoms. The van der Waals surface area contributed by atoms with Crippen LogP contribution in [0.2, 0.25) is 0 Å². The van der Waals surface area contributed by atoms with Gasteiger partial charge >= 0.3 is 0 Å². The molecule has 0 aliphatic carbocycles. The van der Waals surface area contributed by atoms with E-state index in [9.17, 15) is 8.78 Å². The Balaban J connectivity index is 2.04. The Labute approximate surface area is 102 Å². The van der Waals surface area contributed by atoms with Crippen LogP contribution >= 0.6 is 11.8 Å². The van der Waals surface area contributed by atoms with Crippen LogP contribution in [0.1, 0.15) is 5.56 Å². The highest BCUT2D eigenvalue weighted by molar-refractivity contribution is 7.98. The van der Waals surface area contributed by atoms with E-state index in [0.29, 0.717) is 17.1 Å². The van der Waals surface area contributed by atoms with E-state index in [1.54, 1.807) is 12.3 Å². The van der Waals surface area contributed by atoms with Crippen LogP contribution in [0.4, 0.5) is 14.6 Å². The maximum Gasteiger partial charge on any atom is 0.126 e. The molecule has 0 aliphatic rings. The Morgan fingerprint density at radius 1 is 1.12 bits per heavy atom. The van der Waals surface area contributed by atoms with Crippen molar-refractivity contribution in [3.05, 3.63) is 53.7 Å². The largest absolute Gasteiger partial charge is 0.384 e. The maximum absolute atomic E-state index is 12.9. The number of rotatable bonds is 3. The van der Waals surface area contributed by atoms with Gasteiger partial charge in [0.05, 0.1) is 0 Å². The molecule has 0 aliphatic heterocycles. The molecule has 0 spiro atoms. The fourth-order valence-corrected chi connectivity index (χ4v) is 2.13. The van der Waals surface area contributed by atoms with Crippen molar-refractivity contribution < 1.29 is 8.78 Å². The molecule has 0 radical (unpaired) electrons. The first kappa shape index (κ1) is 11.9. The van der Waals surface area contributed by atoms with Crippen LogP contribution in [0, 0.1) is 11.6 Å². The van der Waals surface area contributed by atoms with Gasteiger partial charge in [-0.2, -0.15) is 0 Å². The summed E-state index contributed by atoms with van der Waals surface area (Å²) in [5, 5.41) is 0. The number of nitrogens with zero attached hydrogens (tertiary/aromatic N) is 1. The molecule has 2 nitrogen and oxygen atoms in total. The zero-order chi connectivity index (χ0) is 12.3. The average Bonchev–Trinajstić information content (AvgIpc) is 2.27. The highest BCUT2D eigenvalue weighted by Crippen LogP contribution is 2.23. The summed E-state index contributed by atoms with van der Waals surface area (Å²) in [5.74, 6) is -0.182. The second kappa shape index (κ2) is 5.14. The standard InChI is InChI=1S/C12H10F2N2S/c13-9-3-8(4-10(14)5-9)7-17-11-1-2-12(15)16-6-11/h1-6H,7H2,(H2,15,16). The minimum absolute atomic E-state index is 0.450. The molecule has 0 fully saturated rings. The summed E-state index contributed by atoms with van der Waals surface area (Å²) >= 11 is 1.45. The number of hydrogen-bond donors (Lipinski definition) is 1. The van der Waals surface area contributed by atoms with Crippen molar-refractivity contribution in [3.63, 3.8) is 0 Å². The van der Waals surface area contributed by atoms with Gasteiger partial charge in [-0.15, -0.1) is 11.8 Å². The van der Waals surface area contributed by atoms with Crippen LogP contribution in [0.15, 0.2) is 41.4 Å². The summed E-state index contributed by atoms with van der Waals surface area (Å²) in [4.78, 5) is 4.84. The van der Waals surface area contributed by atoms with Gasteiger partial charge in [0.25, 0.3) is 0 Å². The molecule has 2 rings (SSSR count). The predicted molar refractivity (Wildman–Crippen MR) is 64.6 cm³/mol. The average molecular weight is 252 g/mol. The number of thioether (sulfide) groups is 1. The smallest absolute Gasteiger partial charge is 0.126 e. The lowest BCUT2D eigenvalue weighted by atomic mass is 10.2.